The van der Waals surface area contributed by atoms with Crippen molar-refractivity contribution in [3.63, 3.8) is 0 Å². The number of halogens is 4. The number of primary amides is 1. The van der Waals surface area contributed by atoms with Gasteiger partial charge in [0.15, 0.2) is 0 Å². The molecule has 0 saturated carbocycles. The molecule has 0 bridgehead atoms. The monoisotopic (exact) mass is 988 g/mol. The second kappa shape index (κ2) is 21.8. The van der Waals surface area contributed by atoms with E-state index < -0.39 is 17.5 Å². The number of aromatic nitrogens is 6. The largest absolute Gasteiger partial charge is 0.400 e. The van der Waals surface area contributed by atoms with Crippen LogP contribution in [0.3, 0.4) is 0 Å². The van der Waals surface area contributed by atoms with Crippen LogP contribution in [0.2, 0.25) is 10.0 Å². The molecule has 0 spiro atoms. The first-order valence-corrected chi connectivity index (χ1v) is 22.4. The number of nitrogens with one attached hydrogen (secondary N) is 4. The standard InChI is InChI=1S/C26H19ClFN5O2.C26H17ClFN5O.CH4O/c27-20-13-31-24-11-21(28)17(10-19(20)24)12-32-26(35)16-5-6-30-18(9-16)8-14-1-3-22-15(7-14)2-4-23(33-22)25(29)34;27-22-14-31-25-11-23(28)18(10-21(22)25)13-32-26(34)17-5-6-30-20(9-17)8-15-1-4-24-16(7-15)2-3-19(12-29)33-24;1-2/h1-7,9-11,13,31H,8,12H2,(H2,29,34)(H,32,35);1-7,9-11,14,31H,8,13H2,(H,32,34);2H,1H3. The number of aliphatic hydroxyl groups excluding tert-OH is 1. The van der Waals surface area contributed by atoms with E-state index in [2.05, 4.69) is 40.5 Å². The normalized spacial score (nSPS) is 10.8. The number of carbonyl (C=O) groups excluding carboxylic acids is 3. The predicted octanol–water partition coefficient (Wildman–Crippen LogP) is 9.43. The van der Waals surface area contributed by atoms with Crippen molar-refractivity contribution in [1.29, 1.82) is 5.26 Å². The van der Waals surface area contributed by atoms with Gasteiger partial charge in [0.25, 0.3) is 17.7 Å². The van der Waals surface area contributed by atoms with E-state index in [1.807, 2.05) is 48.5 Å². The number of nitrogens with two attached hydrogens (primary N) is 1. The number of hydrogen-bond donors (Lipinski definition) is 6. The van der Waals surface area contributed by atoms with Crippen molar-refractivity contribution in [2.24, 2.45) is 5.73 Å². The predicted molar refractivity (Wildman–Crippen MR) is 268 cm³/mol. The molecule has 0 saturated heterocycles. The fourth-order valence-electron chi connectivity index (χ4n) is 7.75. The molecule has 0 fully saturated rings. The van der Waals surface area contributed by atoms with Crippen LogP contribution in [0.15, 0.2) is 134 Å². The van der Waals surface area contributed by atoms with Crippen LogP contribution in [0.1, 0.15) is 70.5 Å². The summed E-state index contributed by atoms with van der Waals surface area (Å²) in [7, 11) is 1.00. The molecule has 0 aliphatic rings. The minimum absolute atomic E-state index is 0.0186. The molecule has 6 heterocycles. The quantitative estimate of drug-likeness (QED) is 0.0724. The van der Waals surface area contributed by atoms with Gasteiger partial charge in [-0.25, -0.2) is 18.7 Å². The Balaban J connectivity index is 0.000000184. The molecule has 4 aromatic carbocycles. The van der Waals surface area contributed by atoms with Crippen LogP contribution in [0.4, 0.5) is 8.78 Å². The van der Waals surface area contributed by atoms with Crippen LogP contribution >= 0.6 is 23.2 Å². The van der Waals surface area contributed by atoms with Crippen LogP contribution in [0, 0.1) is 23.0 Å². The number of aliphatic hydroxyl groups is 1. The zero-order valence-corrected chi connectivity index (χ0v) is 39.0. The first-order valence-electron chi connectivity index (χ1n) is 21.7. The molecule has 10 aromatic rings. The Morgan fingerprint density at radius 1 is 0.648 bits per heavy atom. The van der Waals surface area contributed by atoms with E-state index in [1.165, 1.54) is 12.1 Å². The van der Waals surface area contributed by atoms with Crippen molar-refractivity contribution in [3.05, 3.63) is 212 Å². The lowest BCUT2D eigenvalue weighted by Gasteiger charge is -2.09. The Morgan fingerprint density at radius 3 is 1.61 bits per heavy atom. The smallest absolute Gasteiger partial charge is 0.267 e. The number of hydrogen-bond acceptors (Lipinski definition) is 9. The molecule has 0 atom stereocenters. The minimum atomic E-state index is -0.577. The second-order valence-electron chi connectivity index (χ2n) is 16.0. The molecule has 0 aliphatic heterocycles. The number of pyridine rings is 4. The van der Waals surface area contributed by atoms with Crippen LogP contribution in [-0.4, -0.2) is 59.8 Å². The molecule has 7 N–H and O–H groups in total. The third-order valence-electron chi connectivity index (χ3n) is 11.3. The van der Waals surface area contributed by atoms with E-state index in [-0.39, 0.29) is 30.6 Å². The van der Waals surface area contributed by atoms with Crippen molar-refractivity contribution in [2.75, 3.05) is 7.11 Å². The summed E-state index contributed by atoms with van der Waals surface area (Å²) in [6, 6.07) is 33.0. The van der Waals surface area contributed by atoms with Crippen molar-refractivity contribution >= 4 is 84.5 Å². The molecule has 71 heavy (non-hydrogen) atoms. The summed E-state index contributed by atoms with van der Waals surface area (Å²) in [6.45, 7) is 0.0485. The van der Waals surface area contributed by atoms with Crippen LogP contribution in [0.5, 0.6) is 0 Å². The lowest BCUT2D eigenvalue weighted by atomic mass is 10.0. The first kappa shape index (κ1) is 48.8. The summed E-state index contributed by atoms with van der Waals surface area (Å²) in [4.78, 5) is 59.9. The Bertz CT molecular complexity index is 3710. The van der Waals surface area contributed by atoms with Gasteiger partial charge >= 0.3 is 0 Å². The van der Waals surface area contributed by atoms with Gasteiger partial charge in [-0.1, -0.05) is 41.4 Å². The summed E-state index contributed by atoms with van der Waals surface area (Å²) in [5.41, 5.74) is 13.4. The molecule has 14 nitrogen and oxygen atoms in total. The summed E-state index contributed by atoms with van der Waals surface area (Å²) >= 11 is 12.2. The van der Waals surface area contributed by atoms with Gasteiger partial charge in [0.05, 0.1) is 21.1 Å². The number of amides is 3. The highest BCUT2D eigenvalue weighted by Gasteiger charge is 2.15. The van der Waals surface area contributed by atoms with E-state index in [0.29, 0.717) is 83.9 Å². The highest BCUT2D eigenvalue weighted by molar-refractivity contribution is 6.36. The number of nitrogens with zero attached hydrogens (tertiary/aromatic N) is 5. The molecule has 0 radical (unpaired) electrons. The third-order valence-corrected chi connectivity index (χ3v) is 11.9. The molecule has 354 valence electrons. The van der Waals surface area contributed by atoms with E-state index in [9.17, 15) is 23.2 Å². The maximum atomic E-state index is 14.4. The number of rotatable bonds is 11. The van der Waals surface area contributed by atoms with Crippen molar-refractivity contribution in [3.8, 4) is 6.07 Å². The Hall–Kier alpha value is -8.62. The summed E-state index contributed by atoms with van der Waals surface area (Å²) in [5.74, 6) is -2.09. The molecule has 10 rings (SSSR count). The number of nitriles is 1. The number of carbonyl (C=O) groups is 3. The number of fused-ring (bicyclic) bond motifs is 4. The van der Waals surface area contributed by atoms with Gasteiger partial charge in [0.2, 0.25) is 0 Å². The van der Waals surface area contributed by atoms with Gasteiger partial charge in [-0.3, -0.25) is 24.4 Å². The van der Waals surface area contributed by atoms with Gasteiger partial charge in [0, 0.05) is 124 Å². The van der Waals surface area contributed by atoms with Crippen molar-refractivity contribution < 1.29 is 28.3 Å². The van der Waals surface area contributed by atoms with Crippen LogP contribution < -0.4 is 16.4 Å². The van der Waals surface area contributed by atoms with Gasteiger partial charge in [-0.15, -0.1) is 0 Å². The van der Waals surface area contributed by atoms with Gasteiger partial charge in [-0.05, 0) is 102 Å². The molecule has 6 aromatic heterocycles. The SMILES string of the molecule is CO.N#Cc1ccc2cc(Cc3cc(C(=O)NCc4cc5c(Cl)c[nH]c5cc4F)ccn3)ccc2n1.NC(=O)c1ccc2cc(Cc3cc(C(=O)NCc4cc5c(Cl)c[nH]c5cc4F)ccn3)ccc2n1. The van der Waals surface area contributed by atoms with E-state index in [0.717, 1.165) is 40.2 Å². The number of benzene rings is 4. The lowest BCUT2D eigenvalue weighted by Crippen LogP contribution is -2.23. The van der Waals surface area contributed by atoms with Crippen LogP contribution in [-0.2, 0) is 25.9 Å². The number of H-pyrrole nitrogens is 2. The van der Waals surface area contributed by atoms with Gasteiger partial charge < -0.3 is 31.4 Å². The molecular formula is C53H40Cl2F2N10O4. The van der Waals surface area contributed by atoms with Gasteiger partial charge in [-0.2, -0.15) is 5.26 Å². The summed E-state index contributed by atoms with van der Waals surface area (Å²) in [6.07, 6.45) is 7.36. The molecule has 0 unspecified atom stereocenters. The maximum absolute atomic E-state index is 14.4. The van der Waals surface area contributed by atoms with E-state index in [1.54, 1.807) is 79.4 Å². The molecule has 18 heteroatoms. The highest BCUT2D eigenvalue weighted by Crippen LogP contribution is 2.28. The average molecular weight is 990 g/mol. The van der Waals surface area contributed by atoms with Crippen LogP contribution in [0.25, 0.3) is 43.6 Å². The Labute approximate surface area is 413 Å². The fraction of sp³-hybridized carbons (Fsp3) is 0.0943. The molecule has 3 amide bonds. The second-order valence-corrected chi connectivity index (χ2v) is 16.8. The van der Waals surface area contributed by atoms with E-state index >= 15 is 0 Å². The third kappa shape index (κ3) is 11.5. The number of aromatic amines is 2. The molecular weight excluding hydrogens is 950 g/mol. The zero-order valence-electron chi connectivity index (χ0n) is 37.5. The fourth-order valence-corrected chi connectivity index (χ4v) is 8.18. The van der Waals surface area contributed by atoms with Crippen molar-refractivity contribution in [1.82, 2.24) is 40.5 Å². The zero-order chi connectivity index (χ0) is 50.2. The van der Waals surface area contributed by atoms with Crippen molar-refractivity contribution in [2.45, 2.75) is 25.9 Å². The minimum Gasteiger partial charge on any atom is -0.400 e. The lowest BCUT2D eigenvalue weighted by molar-refractivity contribution is 0.0942. The first-order chi connectivity index (χ1) is 34.4. The summed E-state index contributed by atoms with van der Waals surface area (Å²) < 4.78 is 28.8. The Kier molecular flexibility index (Phi) is 15.0. The topological polar surface area (TPSA) is 228 Å². The highest BCUT2D eigenvalue weighted by atomic mass is 35.5. The Morgan fingerprint density at radius 2 is 1.13 bits per heavy atom. The summed E-state index contributed by atoms with van der Waals surface area (Å²) in [5, 5.41) is 25.7. The average Bonchev–Trinajstić information content (AvgIpc) is 3.93. The maximum Gasteiger partial charge on any atom is 0.267 e. The van der Waals surface area contributed by atoms with E-state index in [4.69, 9.17) is 39.3 Å². The molecule has 0 aliphatic carbocycles. The van der Waals surface area contributed by atoms with Gasteiger partial charge in [0.1, 0.15) is 29.1 Å².